The third-order valence-corrected chi connectivity index (χ3v) is 4.16. The van der Waals surface area contributed by atoms with Gasteiger partial charge in [0.2, 0.25) is 5.89 Å². The molecule has 0 saturated carbocycles. The summed E-state index contributed by atoms with van der Waals surface area (Å²) in [7, 11) is 1.81. The highest BCUT2D eigenvalue weighted by atomic mass is 16.5. The van der Waals surface area contributed by atoms with Crippen LogP contribution in [0.15, 0.2) is 33.8 Å². The molecule has 0 saturated heterocycles. The summed E-state index contributed by atoms with van der Waals surface area (Å²) in [5, 5.41) is 7.39. The Balaban J connectivity index is 1.63. The summed E-state index contributed by atoms with van der Waals surface area (Å²) in [5.74, 6) is 2.17. The van der Waals surface area contributed by atoms with E-state index in [0.29, 0.717) is 18.3 Å². The van der Waals surface area contributed by atoms with Gasteiger partial charge in [0.05, 0.1) is 6.54 Å². The molecule has 1 aliphatic heterocycles. The highest BCUT2D eigenvalue weighted by Crippen LogP contribution is 2.20. The van der Waals surface area contributed by atoms with E-state index in [9.17, 15) is 0 Å². The molecule has 0 unspecified atom stereocenters. The Hall–Kier alpha value is -2.37. The Kier molecular flexibility index (Phi) is 4.55. The van der Waals surface area contributed by atoms with Crippen LogP contribution < -0.4 is 5.32 Å². The van der Waals surface area contributed by atoms with Gasteiger partial charge in [-0.2, -0.15) is 4.98 Å². The largest absolute Gasteiger partial charge is 0.349 e. The maximum absolute atomic E-state index is 5.33. The number of nitrogens with zero attached hydrogens (tertiary/aromatic N) is 4. The van der Waals surface area contributed by atoms with E-state index in [1.807, 2.05) is 0 Å². The molecule has 1 aliphatic rings. The quantitative estimate of drug-likeness (QED) is 0.678. The van der Waals surface area contributed by atoms with Gasteiger partial charge in [-0.3, -0.25) is 4.99 Å². The zero-order chi connectivity index (χ0) is 17.2. The number of hydrogen-bond donors (Lipinski definition) is 1. The number of nitrogens with one attached hydrogen (secondary N) is 1. The molecule has 0 radical (unpaired) electrons. The third-order valence-electron chi connectivity index (χ3n) is 4.16. The van der Waals surface area contributed by atoms with Crippen molar-refractivity contribution in [2.75, 3.05) is 13.6 Å². The minimum Gasteiger partial charge on any atom is -0.349 e. The normalized spacial score (nSPS) is 15.3. The number of aromatic nitrogens is 2. The molecule has 6 nitrogen and oxygen atoms in total. The van der Waals surface area contributed by atoms with Crippen LogP contribution in [0.4, 0.5) is 0 Å². The van der Waals surface area contributed by atoms with Gasteiger partial charge in [-0.1, -0.05) is 50.2 Å². The first-order valence-electron chi connectivity index (χ1n) is 8.33. The fraction of sp³-hybridized carbons (Fsp3) is 0.500. The van der Waals surface area contributed by atoms with Crippen LogP contribution in [0.3, 0.4) is 0 Å². The number of hydrogen-bond acceptors (Lipinski definition) is 4. The summed E-state index contributed by atoms with van der Waals surface area (Å²) < 4.78 is 5.33. The minimum absolute atomic E-state index is 0.135. The first kappa shape index (κ1) is 16.5. The number of fused-ring (bicyclic) bond motifs is 1. The van der Waals surface area contributed by atoms with E-state index in [2.05, 4.69) is 70.4 Å². The summed E-state index contributed by atoms with van der Waals surface area (Å²) in [6, 6.07) is 8.58. The molecule has 6 heteroatoms. The van der Waals surface area contributed by atoms with Crippen LogP contribution in [-0.2, 0) is 24.9 Å². The van der Waals surface area contributed by atoms with Crippen molar-refractivity contribution in [3.63, 3.8) is 0 Å². The molecule has 0 spiro atoms. The standard InChI is InChI=1S/C18H25N5O/c1-18(2,3)16-21-15(22-24-16)11-20-17(19-4)23-10-9-13-7-5-6-8-14(13)12-23/h5-8H,9-12H2,1-4H3,(H,19,20). The second-order valence-electron chi connectivity index (χ2n) is 7.11. The lowest BCUT2D eigenvalue weighted by molar-refractivity contribution is 0.317. The lowest BCUT2D eigenvalue weighted by Gasteiger charge is -2.31. The summed E-state index contributed by atoms with van der Waals surface area (Å²) in [5.41, 5.74) is 2.65. The minimum atomic E-state index is -0.135. The fourth-order valence-corrected chi connectivity index (χ4v) is 2.80. The van der Waals surface area contributed by atoms with Gasteiger partial charge in [-0.25, -0.2) is 0 Å². The van der Waals surface area contributed by atoms with Gasteiger partial charge in [-0.05, 0) is 17.5 Å². The van der Waals surface area contributed by atoms with Gasteiger partial charge >= 0.3 is 0 Å². The van der Waals surface area contributed by atoms with Gasteiger partial charge in [0.15, 0.2) is 11.8 Å². The van der Waals surface area contributed by atoms with Crippen molar-refractivity contribution in [1.29, 1.82) is 0 Å². The van der Waals surface area contributed by atoms with E-state index in [0.717, 1.165) is 25.5 Å². The van der Waals surface area contributed by atoms with Crippen LogP contribution in [0, 0.1) is 0 Å². The van der Waals surface area contributed by atoms with Crippen LogP contribution in [0.2, 0.25) is 0 Å². The van der Waals surface area contributed by atoms with Crippen molar-refractivity contribution in [2.24, 2.45) is 4.99 Å². The predicted molar refractivity (Wildman–Crippen MR) is 93.8 cm³/mol. The average Bonchev–Trinajstić information content (AvgIpc) is 3.04. The van der Waals surface area contributed by atoms with Crippen LogP contribution in [0.1, 0.15) is 43.6 Å². The van der Waals surface area contributed by atoms with Crippen molar-refractivity contribution in [3.05, 3.63) is 47.1 Å². The maximum Gasteiger partial charge on any atom is 0.232 e. The lowest BCUT2D eigenvalue weighted by Crippen LogP contribution is -2.43. The van der Waals surface area contributed by atoms with Crippen molar-refractivity contribution in [1.82, 2.24) is 20.4 Å². The van der Waals surface area contributed by atoms with Gasteiger partial charge < -0.3 is 14.7 Å². The van der Waals surface area contributed by atoms with Crippen molar-refractivity contribution in [2.45, 2.75) is 45.7 Å². The van der Waals surface area contributed by atoms with Gasteiger partial charge in [0.25, 0.3) is 0 Å². The van der Waals surface area contributed by atoms with Crippen LogP contribution in [0.25, 0.3) is 0 Å². The molecule has 0 atom stereocenters. The maximum atomic E-state index is 5.33. The second kappa shape index (κ2) is 6.63. The molecule has 0 fully saturated rings. The van der Waals surface area contributed by atoms with Crippen LogP contribution in [-0.4, -0.2) is 34.6 Å². The highest BCUT2D eigenvalue weighted by molar-refractivity contribution is 5.80. The average molecular weight is 327 g/mol. The number of benzene rings is 1. The topological polar surface area (TPSA) is 66.5 Å². The van der Waals surface area contributed by atoms with Crippen LogP contribution in [0.5, 0.6) is 0 Å². The van der Waals surface area contributed by atoms with E-state index in [-0.39, 0.29) is 5.41 Å². The van der Waals surface area contributed by atoms with Gasteiger partial charge in [0.1, 0.15) is 0 Å². The van der Waals surface area contributed by atoms with E-state index in [4.69, 9.17) is 4.52 Å². The Morgan fingerprint density at radius 2 is 2.04 bits per heavy atom. The van der Waals surface area contributed by atoms with E-state index in [1.54, 1.807) is 7.05 Å². The molecular formula is C18H25N5O. The van der Waals surface area contributed by atoms with E-state index in [1.165, 1.54) is 11.1 Å². The zero-order valence-electron chi connectivity index (χ0n) is 14.8. The molecule has 3 rings (SSSR count). The summed E-state index contributed by atoms with van der Waals surface area (Å²) in [6.07, 6.45) is 1.03. The Bertz CT molecular complexity index is 729. The highest BCUT2D eigenvalue weighted by Gasteiger charge is 2.22. The Labute approximate surface area is 143 Å². The Morgan fingerprint density at radius 3 is 2.71 bits per heavy atom. The van der Waals surface area contributed by atoms with Crippen LogP contribution >= 0.6 is 0 Å². The second-order valence-corrected chi connectivity index (χ2v) is 7.11. The number of rotatable bonds is 2. The first-order valence-corrected chi connectivity index (χ1v) is 8.33. The molecule has 0 bridgehead atoms. The summed E-state index contributed by atoms with van der Waals surface area (Å²) in [4.78, 5) is 11.1. The summed E-state index contributed by atoms with van der Waals surface area (Å²) in [6.45, 7) is 8.50. The fourth-order valence-electron chi connectivity index (χ4n) is 2.80. The molecular weight excluding hydrogens is 302 g/mol. The SMILES string of the molecule is CN=C(NCc1noc(C(C)(C)C)n1)N1CCc2ccccc2C1. The molecule has 2 aromatic rings. The zero-order valence-corrected chi connectivity index (χ0v) is 14.8. The molecule has 24 heavy (non-hydrogen) atoms. The van der Waals surface area contributed by atoms with Crippen molar-refractivity contribution < 1.29 is 4.52 Å². The smallest absolute Gasteiger partial charge is 0.232 e. The molecule has 1 aromatic carbocycles. The first-order chi connectivity index (χ1) is 11.5. The molecule has 2 heterocycles. The monoisotopic (exact) mass is 327 g/mol. The summed E-state index contributed by atoms with van der Waals surface area (Å²) >= 11 is 0. The lowest BCUT2D eigenvalue weighted by atomic mass is 9.97. The molecule has 0 aliphatic carbocycles. The molecule has 1 N–H and O–H groups in total. The Morgan fingerprint density at radius 1 is 1.29 bits per heavy atom. The van der Waals surface area contributed by atoms with E-state index < -0.39 is 0 Å². The number of aliphatic imine (C=N–C) groups is 1. The number of guanidine groups is 1. The molecule has 0 amide bonds. The third kappa shape index (κ3) is 3.58. The van der Waals surface area contributed by atoms with Gasteiger partial charge in [0, 0.05) is 25.6 Å². The molecule has 128 valence electrons. The predicted octanol–water partition coefficient (Wildman–Crippen LogP) is 2.50. The van der Waals surface area contributed by atoms with Crippen molar-refractivity contribution >= 4 is 5.96 Å². The van der Waals surface area contributed by atoms with Crippen molar-refractivity contribution in [3.8, 4) is 0 Å². The van der Waals surface area contributed by atoms with Gasteiger partial charge in [-0.15, -0.1) is 0 Å². The van der Waals surface area contributed by atoms with E-state index >= 15 is 0 Å². The molecule has 1 aromatic heterocycles.